The minimum absolute atomic E-state index is 0.0885. The van der Waals surface area contributed by atoms with Gasteiger partial charge in [0.2, 0.25) is 0 Å². The summed E-state index contributed by atoms with van der Waals surface area (Å²) in [5.74, 6) is 0.125. The number of ketones is 1. The van der Waals surface area contributed by atoms with E-state index in [4.69, 9.17) is 4.43 Å². The first-order valence-corrected chi connectivity index (χ1v) is 13.7. The summed E-state index contributed by atoms with van der Waals surface area (Å²) >= 11 is 0. The van der Waals surface area contributed by atoms with Gasteiger partial charge in [0.1, 0.15) is 0 Å². The van der Waals surface area contributed by atoms with Gasteiger partial charge in [0.15, 0.2) is 14.1 Å². The third-order valence-corrected chi connectivity index (χ3v) is 11.0. The minimum atomic E-state index is -1.96. The number of fused-ring (bicyclic) bond motifs is 1. The van der Waals surface area contributed by atoms with Crippen LogP contribution in [0.1, 0.15) is 43.2 Å². The molecular weight excluding hydrogens is 402 g/mol. The molecule has 1 aliphatic carbocycles. The Kier molecular flexibility index (Phi) is 5.62. The first-order chi connectivity index (χ1) is 14.7. The van der Waals surface area contributed by atoms with Gasteiger partial charge in [0.25, 0.3) is 0 Å². The maximum Gasteiger partial charge on any atom is 0.192 e. The Bertz CT molecular complexity index is 1070. The smallest absolute Gasteiger partial charge is 0.192 e. The number of carbonyl (C=O) groups excluding carboxylic acids is 1. The third kappa shape index (κ3) is 4.36. The molecule has 1 aromatic carbocycles. The molecule has 162 valence electrons. The molecule has 0 saturated carbocycles. The van der Waals surface area contributed by atoms with Crippen LogP contribution in [-0.4, -0.2) is 30.2 Å². The van der Waals surface area contributed by atoms with Gasteiger partial charge in [-0.3, -0.25) is 9.78 Å². The number of para-hydroxylation sites is 1. The van der Waals surface area contributed by atoms with E-state index in [1.54, 1.807) is 12.4 Å². The number of pyridine rings is 1. The Morgan fingerprint density at radius 3 is 2.39 bits per heavy atom. The molecule has 3 aromatic rings. The summed E-state index contributed by atoms with van der Waals surface area (Å²) in [5, 5.41) is 3.60. The van der Waals surface area contributed by atoms with E-state index in [9.17, 15) is 4.79 Å². The highest BCUT2D eigenvalue weighted by atomic mass is 28.4. The van der Waals surface area contributed by atoms with Gasteiger partial charge in [0, 0.05) is 42.2 Å². The summed E-state index contributed by atoms with van der Waals surface area (Å²) < 4.78 is 6.61. The van der Waals surface area contributed by atoms with Gasteiger partial charge >= 0.3 is 0 Å². The van der Waals surface area contributed by atoms with Gasteiger partial charge in [-0.1, -0.05) is 39.0 Å². The van der Waals surface area contributed by atoms with Crippen LogP contribution < -0.4 is 5.32 Å². The molecule has 1 atom stereocenters. The van der Waals surface area contributed by atoms with E-state index < -0.39 is 8.32 Å². The van der Waals surface area contributed by atoms with Crippen molar-refractivity contribution in [2.75, 3.05) is 5.32 Å². The monoisotopic (exact) mass is 433 g/mol. The molecule has 2 aromatic heterocycles. The molecule has 0 bridgehead atoms. The first kappa shape index (κ1) is 21.5. The maximum atomic E-state index is 13.4. The average Bonchev–Trinajstić information content (AvgIpc) is 3.07. The highest BCUT2D eigenvalue weighted by Crippen LogP contribution is 2.42. The SMILES string of the molecule is CC(C)(C)[Si](C)(C)OC1CC(=O)c2c([nH]c(-c3ccncc3)c2Nc2ccccc2)C1. The number of nitrogens with one attached hydrogen (secondary N) is 2. The van der Waals surface area contributed by atoms with Crippen LogP contribution in [-0.2, 0) is 10.8 Å². The van der Waals surface area contributed by atoms with Crippen LogP contribution >= 0.6 is 0 Å². The third-order valence-electron chi connectivity index (χ3n) is 6.48. The number of hydrogen-bond donors (Lipinski definition) is 2. The van der Waals surface area contributed by atoms with Gasteiger partial charge in [-0.05, 0) is 42.4 Å². The fraction of sp³-hybridized carbons (Fsp3) is 0.360. The lowest BCUT2D eigenvalue weighted by molar-refractivity contribution is 0.0866. The summed E-state index contributed by atoms with van der Waals surface area (Å²) in [6.45, 7) is 11.2. The second kappa shape index (κ2) is 8.09. The number of aromatic amines is 1. The molecule has 2 N–H and O–H groups in total. The van der Waals surface area contributed by atoms with E-state index in [0.717, 1.165) is 33.9 Å². The van der Waals surface area contributed by atoms with E-state index in [1.807, 2.05) is 42.5 Å². The Hall–Kier alpha value is -2.70. The molecule has 0 radical (unpaired) electrons. The summed E-state index contributed by atoms with van der Waals surface area (Å²) in [7, 11) is -1.96. The fourth-order valence-corrected chi connectivity index (χ4v) is 5.18. The van der Waals surface area contributed by atoms with Crippen molar-refractivity contribution in [2.24, 2.45) is 0 Å². The predicted octanol–water partition coefficient (Wildman–Crippen LogP) is 6.34. The zero-order valence-corrected chi connectivity index (χ0v) is 20.0. The highest BCUT2D eigenvalue weighted by molar-refractivity contribution is 6.74. The van der Waals surface area contributed by atoms with Gasteiger partial charge in [0.05, 0.1) is 23.0 Å². The van der Waals surface area contributed by atoms with Gasteiger partial charge < -0.3 is 14.7 Å². The van der Waals surface area contributed by atoms with Crippen LogP contribution in [0.25, 0.3) is 11.3 Å². The number of rotatable bonds is 5. The lowest BCUT2D eigenvalue weighted by atomic mass is 9.93. The molecule has 0 spiro atoms. The number of aromatic nitrogens is 2. The zero-order valence-electron chi connectivity index (χ0n) is 19.0. The summed E-state index contributed by atoms with van der Waals surface area (Å²) in [5.41, 5.74) is 5.40. The quantitative estimate of drug-likeness (QED) is 0.461. The Labute approximate surface area is 185 Å². The molecule has 0 fully saturated rings. The number of Topliss-reactive ketones (excluding diaryl/α,β-unsaturated/α-hetero) is 1. The van der Waals surface area contributed by atoms with Crippen molar-refractivity contribution in [1.29, 1.82) is 0 Å². The number of nitrogens with zero attached hydrogens (tertiary/aromatic N) is 1. The van der Waals surface area contributed by atoms with Crippen LogP contribution in [0.5, 0.6) is 0 Å². The number of anilines is 2. The van der Waals surface area contributed by atoms with Crippen molar-refractivity contribution >= 4 is 25.5 Å². The first-order valence-electron chi connectivity index (χ1n) is 10.8. The number of H-pyrrole nitrogens is 1. The largest absolute Gasteiger partial charge is 0.413 e. The summed E-state index contributed by atoms with van der Waals surface area (Å²) in [4.78, 5) is 21.0. The van der Waals surface area contributed by atoms with E-state index in [1.165, 1.54) is 0 Å². The lowest BCUT2D eigenvalue weighted by Gasteiger charge is -2.40. The number of hydrogen-bond acceptors (Lipinski definition) is 4. The lowest BCUT2D eigenvalue weighted by Crippen LogP contribution is -2.45. The standard InChI is InChI=1S/C25H31N3O2Si/c1-25(2,3)31(4,5)30-19-15-20-22(21(29)16-19)24(27-18-9-7-6-8-10-18)23(28-20)17-11-13-26-14-12-17/h6-14,19,27-28H,15-16H2,1-5H3. The summed E-state index contributed by atoms with van der Waals surface area (Å²) in [6.07, 6.45) is 4.58. The van der Waals surface area contributed by atoms with E-state index in [2.05, 4.69) is 49.1 Å². The molecule has 2 heterocycles. The second-order valence-corrected chi connectivity index (χ2v) is 14.5. The highest BCUT2D eigenvalue weighted by Gasteiger charge is 2.41. The van der Waals surface area contributed by atoms with Gasteiger partial charge in [-0.25, -0.2) is 0 Å². The molecule has 5 nitrogen and oxygen atoms in total. The van der Waals surface area contributed by atoms with Gasteiger partial charge in [-0.2, -0.15) is 0 Å². The van der Waals surface area contributed by atoms with Crippen LogP contribution in [0.4, 0.5) is 11.4 Å². The molecule has 4 rings (SSSR count). The van der Waals surface area contributed by atoms with E-state index in [0.29, 0.717) is 12.8 Å². The van der Waals surface area contributed by atoms with Gasteiger partial charge in [-0.15, -0.1) is 0 Å². The molecule has 0 saturated heterocycles. The van der Waals surface area contributed by atoms with Crippen LogP contribution in [0.3, 0.4) is 0 Å². The topological polar surface area (TPSA) is 67.0 Å². The number of carbonyl (C=O) groups is 1. The minimum Gasteiger partial charge on any atom is -0.413 e. The van der Waals surface area contributed by atoms with Crippen molar-refractivity contribution in [3.8, 4) is 11.3 Å². The molecule has 0 aliphatic heterocycles. The molecular formula is C25H31N3O2Si. The zero-order chi connectivity index (χ0) is 22.2. The van der Waals surface area contributed by atoms with Crippen molar-refractivity contribution in [2.45, 2.75) is 57.8 Å². The molecule has 1 aliphatic rings. The van der Waals surface area contributed by atoms with Crippen LogP contribution in [0, 0.1) is 0 Å². The normalized spacial score (nSPS) is 16.8. The molecule has 0 amide bonds. The average molecular weight is 434 g/mol. The summed E-state index contributed by atoms with van der Waals surface area (Å²) in [6, 6.07) is 13.9. The van der Waals surface area contributed by atoms with E-state index in [-0.39, 0.29) is 16.9 Å². The molecule has 6 heteroatoms. The number of benzene rings is 1. The second-order valence-electron chi connectivity index (χ2n) is 9.79. The Balaban J connectivity index is 1.73. The Morgan fingerprint density at radius 1 is 1.06 bits per heavy atom. The maximum absolute atomic E-state index is 13.4. The Morgan fingerprint density at radius 2 is 1.74 bits per heavy atom. The molecule has 31 heavy (non-hydrogen) atoms. The van der Waals surface area contributed by atoms with Crippen LogP contribution in [0.15, 0.2) is 54.9 Å². The van der Waals surface area contributed by atoms with Crippen molar-refractivity contribution in [1.82, 2.24) is 9.97 Å². The molecule has 1 unspecified atom stereocenters. The van der Waals surface area contributed by atoms with Crippen LogP contribution in [0.2, 0.25) is 18.1 Å². The van der Waals surface area contributed by atoms with Crippen molar-refractivity contribution in [3.63, 3.8) is 0 Å². The fourth-order valence-electron chi connectivity index (χ4n) is 3.82. The van der Waals surface area contributed by atoms with E-state index >= 15 is 0 Å². The predicted molar refractivity (Wildman–Crippen MR) is 128 cm³/mol. The van der Waals surface area contributed by atoms with Crippen molar-refractivity contribution < 1.29 is 9.22 Å². The van der Waals surface area contributed by atoms with Crippen molar-refractivity contribution in [3.05, 3.63) is 66.1 Å².